The van der Waals surface area contributed by atoms with E-state index >= 15 is 0 Å². The van der Waals surface area contributed by atoms with Gasteiger partial charge in [-0.2, -0.15) is 9.30 Å². The fourth-order valence-corrected chi connectivity index (χ4v) is 6.12. The molecule has 0 bridgehead atoms. The maximum Gasteiger partial charge on any atom is 0.279 e. The van der Waals surface area contributed by atoms with Crippen LogP contribution < -0.4 is 4.80 Å². The summed E-state index contributed by atoms with van der Waals surface area (Å²) in [5, 5.41) is 0.626. The van der Waals surface area contributed by atoms with Crippen molar-refractivity contribution in [3.8, 4) is 0 Å². The molecule has 0 unspecified atom stereocenters. The highest BCUT2D eigenvalue weighted by atomic mass is 35.5. The Kier molecular flexibility index (Phi) is 8.27. The average Bonchev–Trinajstić information content (AvgIpc) is 3.07. The lowest BCUT2D eigenvalue weighted by molar-refractivity contribution is 0.0998. The number of carbonyl (C=O) groups is 1. The molecular weight excluding hydrogens is 466 g/mol. The van der Waals surface area contributed by atoms with E-state index in [1.165, 1.54) is 35.6 Å². The molecule has 6 nitrogen and oxygen atoms in total. The van der Waals surface area contributed by atoms with Crippen LogP contribution in [0.3, 0.4) is 0 Å². The molecule has 1 heterocycles. The van der Waals surface area contributed by atoms with E-state index in [9.17, 15) is 13.2 Å². The molecular formula is C23H28ClN3O3S2. The molecule has 0 fully saturated rings. The number of unbranched alkanes of at least 4 members (excludes halogenated alkanes) is 2. The number of thiazole rings is 1. The highest BCUT2D eigenvalue weighted by Crippen LogP contribution is 2.22. The monoisotopic (exact) mass is 493 g/mol. The van der Waals surface area contributed by atoms with Gasteiger partial charge < -0.3 is 4.57 Å². The number of nitrogens with zero attached hydrogens (tertiary/aromatic N) is 3. The van der Waals surface area contributed by atoms with Crippen LogP contribution in [-0.2, 0) is 17.1 Å². The Hall–Kier alpha value is -2.00. The van der Waals surface area contributed by atoms with Gasteiger partial charge in [0.05, 0.1) is 15.1 Å². The van der Waals surface area contributed by atoms with Crippen molar-refractivity contribution >= 4 is 49.1 Å². The lowest BCUT2D eigenvalue weighted by Gasteiger charge is -2.22. The van der Waals surface area contributed by atoms with Crippen molar-refractivity contribution in [1.82, 2.24) is 8.87 Å². The molecule has 0 atom stereocenters. The van der Waals surface area contributed by atoms with Crippen molar-refractivity contribution in [3.63, 3.8) is 0 Å². The van der Waals surface area contributed by atoms with Gasteiger partial charge >= 0.3 is 0 Å². The minimum absolute atomic E-state index is 0.198. The zero-order valence-corrected chi connectivity index (χ0v) is 20.9. The number of hydrogen-bond donors (Lipinski definition) is 0. The quantitative estimate of drug-likeness (QED) is 0.410. The van der Waals surface area contributed by atoms with Gasteiger partial charge in [0.15, 0.2) is 4.80 Å². The van der Waals surface area contributed by atoms with Crippen molar-refractivity contribution in [2.24, 2.45) is 12.0 Å². The van der Waals surface area contributed by atoms with Crippen LogP contribution in [0.4, 0.5) is 0 Å². The molecule has 32 heavy (non-hydrogen) atoms. The zero-order valence-electron chi connectivity index (χ0n) is 18.5. The Morgan fingerprint density at radius 3 is 2.28 bits per heavy atom. The van der Waals surface area contributed by atoms with Gasteiger partial charge in [0.2, 0.25) is 10.0 Å². The van der Waals surface area contributed by atoms with Gasteiger partial charge in [-0.3, -0.25) is 4.79 Å². The van der Waals surface area contributed by atoms with Gasteiger partial charge in [-0.05, 0) is 55.3 Å². The highest BCUT2D eigenvalue weighted by Gasteiger charge is 2.23. The van der Waals surface area contributed by atoms with E-state index in [-0.39, 0.29) is 4.90 Å². The van der Waals surface area contributed by atoms with Crippen molar-refractivity contribution < 1.29 is 13.2 Å². The van der Waals surface area contributed by atoms with Crippen LogP contribution in [0.5, 0.6) is 0 Å². The molecule has 3 aromatic rings. The van der Waals surface area contributed by atoms with E-state index < -0.39 is 15.9 Å². The fraction of sp³-hybridized carbons (Fsp3) is 0.391. The third kappa shape index (κ3) is 5.49. The molecule has 172 valence electrons. The minimum atomic E-state index is -3.60. The first-order chi connectivity index (χ1) is 15.3. The Morgan fingerprint density at radius 2 is 1.69 bits per heavy atom. The lowest BCUT2D eigenvalue weighted by Crippen LogP contribution is -2.33. The van der Waals surface area contributed by atoms with Crippen molar-refractivity contribution in [2.75, 3.05) is 13.1 Å². The molecule has 0 aliphatic rings. The van der Waals surface area contributed by atoms with Gasteiger partial charge in [0.25, 0.3) is 5.91 Å². The normalized spacial score (nSPS) is 12.7. The summed E-state index contributed by atoms with van der Waals surface area (Å²) in [6.07, 6.45) is 3.48. The molecule has 0 aliphatic heterocycles. The van der Waals surface area contributed by atoms with Crippen LogP contribution in [0.25, 0.3) is 10.2 Å². The van der Waals surface area contributed by atoms with E-state index in [0.717, 1.165) is 35.9 Å². The molecule has 0 N–H and O–H groups in total. The molecule has 2 aromatic carbocycles. The molecule has 0 saturated carbocycles. The van der Waals surface area contributed by atoms with Crippen LogP contribution in [0.15, 0.2) is 52.4 Å². The second kappa shape index (κ2) is 10.7. The Morgan fingerprint density at radius 1 is 1.06 bits per heavy atom. The van der Waals surface area contributed by atoms with E-state index in [4.69, 9.17) is 11.6 Å². The van der Waals surface area contributed by atoms with E-state index in [1.807, 2.05) is 37.6 Å². The number of aryl methyl sites for hydroxylation is 1. The summed E-state index contributed by atoms with van der Waals surface area (Å²) < 4.78 is 30.5. The Balaban J connectivity index is 1.86. The maximum absolute atomic E-state index is 13.1. The zero-order chi connectivity index (χ0) is 23.3. The molecule has 9 heteroatoms. The standard InChI is InChI=1S/C23H28ClN3O3S2/c1-4-6-14-27(15-7-5-2)32(29,30)19-11-8-17(9-12-19)22(28)25-23-26(3)20-13-10-18(24)16-21(20)31-23/h8-13,16H,4-7,14-15H2,1-3H3. The topological polar surface area (TPSA) is 71.7 Å². The number of hydrogen-bond acceptors (Lipinski definition) is 4. The summed E-state index contributed by atoms with van der Waals surface area (Å²) in [4.78, 5) is 17.7. The van der Waals surface area contributed by atoms with Gasteiger partial charge in [0.1, 0.15) is 0 Å². The number of benzene rings is 2. The average molecular weight is 494 g/mol. The SMILES string of the molecule is CCCCN(CCCC)S(=O)(=O)c1ccc(C(=O)N=c2sc3cc(Cl)ccc3n2C)cc1. The first-order valence-electron chi connectivity index (χ1n) is 10.7. The number of rotatable bonds is 9. The predicted octanol–water partition coefficient (Wildman–Crippen LogP) is 5.23. The summed E-state index contributed by atoms with van der Waals surface area (Å²) in [6, 6.07) is 11.6. The van der Waals surface area contributed by atoms with Crippen LogP contribution in [-0.4, -0.2) is 36.3 Å². The molecule has 0 saturated heterocycles. The molecule has 3 rings (SSSR count). The van der Waals surface area contributed by atoms with E-state index in [2.05, 4.69) is 4.99 Å². The number of aromatic nitrogens is 1. The summed E-state index contributed by atoms with van der Waals surface area (Å²) in [7, 11) is -1.76. The van der Waals surface area contributed by atoms with E-state index in [1.54, 1.807) is 10.4 Å². The number of sulfonamides is 1. The van der Waals surface area contributed by atoms with Gasteiger partial charge in [-0.25, -0.2) is 8.42 Å². The molecule has 0 spiro atoms. The highest BCUT2D eigenvalue weighted by molar-refractivity contribution is 7.89. The smallest absolute Gasteiger partial charge is 0.279 e. The number of halogens is 1. The van der Waals surface area contributed by atoms with Crippen LogP contribution in [0.1, 0.15) is 49.9 Å². The van der Waals surface area contributed by atoms with E-state index in [0.29, 0.717) is 28.5 Å². The first-order valence-corrected chi connectivity index (χ1v) is 13.4. The largest absolute Gasteiger partial charge is 0.319 e. The Labute approximate surface area is 198 Å². The summed E-state index contributed by atoms with van der Waals surface area (Å²) >= 11 is 7.43. The van der Waals surface area contributed by atoms with Crippen LogP contribution >= 0.6 is 22.9 Å². The molecule has 0 aliphatic carbocycles. The third-order valence-electron chi connectivity index (χ3n) is 5.23. The first kappa shape index (κ1) is 24.6. The van der Waals surface area contributed by atoms with Gasteiger partial charge in [0, 0.05) is 30.7 Å². The second-order valence-corrected chi connectivity index (χ2v) is 11.0. The summed E-state index contributed by atoms with van der Waals surface area (Å²) in [6.45, 7) is 5.09. The van der Waals surface area contributed by atoms with Gasteiger partial charge in [-0.15, -0.1) is 0 Å². The van der Waals surface area contributed by atoms with Crippen LogP contribution in [0, 0.1) is 0 Å². The Bertz CT molecular complexity index is 1250. The van der Waals surface area contributed by atoms with Crippen molar-refractivity contribution in [1.29, 1.82) is 0 Å². The number of carbonyl (C=O) groups excluding carboxylic acids is 1. The predicted molar refractivity (Wildman–Crippen MR) is 131 cm³/mol. The lowest BCUT2D eigenvalue weighted by atomic mass is 10.2. The molecule has 1 aromatic heterocycles. The fourth-order valence-electron chi connectivity index (χ4n) is 3.31. The van der Waals surface area contributed by atoms with Gasteiger partial charge in [-0.1, -0.05) is 49.6 Å². The molecule has 0 radical (unpaired) electrons. The van der Waals surface area contributed by atoms with Crippen LogP contribution in [0.2, 0.25) is 5.02 Å². The number of fused-ring (bicyclic) bond motifs is 1. The van der Waals surface area contributed by atoms with Crippen molar-refractivity contribution in [2.45, 2.75) is 44.4 Å². The summed E-state index contributed by atoms with van der Waals surface area (Å²) in [5.74, 6) is -0.420. The summed E-state index contributed by atoms with van der Waals surface area (Å²) in [5.41, 5.74) is 1.28. The maximum atomic E-state index is 13.1. The number of amides is 1. The van der Waals surface area contributed by atoms with Crippen molar-refractivity contribution in [3.05, 3.63) is 57.9 Å². The third-order valence-corrected chi connectivity index (χ3v) is 8.47. The second-order valence-electron chi connectivity index (χ2n) is 7.61. The molecule has 1 amide bonds. The minimum Gasteiger partial charge on any atom is -0.319 e.